The number of aryl methyl sites for hydroxylation is 1. The van der Waals surface area contributed by atoms with Gasteiger partial charge in [0.25, 0.3) is 0 Å². The number of rotatable bonds is 3. The molecule has 5 heteroatoms. The van der Waals surface area contributed by atoms with Crippen LogP contribution in [-0.2, 0) is 11.3 Å². The molecule has 1 aromatic carbocycles. The van der Waals surface area contributed by atoms with Crippen LogP contribution in [0.3, 0.4) is 0 Å². The maximum absolute atomic E-state index is 12.2. The summed E-state index contributed by atoms with van der Waals surface area (Å²) < 4.78 is 2.05. The van der Waals surface area contributed by atoms with E-state index < -0.39 is 0 Å². The SMILES string of the molecule is Cc1cccc(Cl)c1CNC(=O)C1CCCSN1C. The first-order valence-corrected chi connectivity index (χ1v) is 7.79. The van der Waals surface area contributed by atoms with E-state index >= 15 is 0 Å². The lowest BCUT2D eigenvalue weighted by molar-refractivity contribution is -0.124. The van der Waals surface area contributed by atoms with Gasteiger partial charge in [-0.1, -0.05) is 35.7 Å². The van der Waals surface area contributed by atoms with Crippen LogP contribution in [0.15, 0.2) is 18.2 Å². The second-order valence-electron chi connectivity index (χ2n) is 4.79. The van der Waals surface area contributed by atoms with Crippen molar-refractivity contribution < 1.29 is 4.79 Å². The van der Waals surface area contributed by atoms with Gasteiger partial charge in [0.1, 0.15) is 0 Å². The molecule has 0 radical (unpaired) electrons. The van der Waals surface area contributed by atoms with E-state index in [1.807, 2.05) is 32.2 Å². The minimum absolute atomic E-state index is 0.0263. The summed E-state index contributed by atoms with van der Waals surface area (Å²) in [6.45, 7) is 2.51. The fourth-order valence-corrected chi connectivity index (χ4v) is 3.49. The Morgan fingerprint density at radius 2 is 2.37 bits per heavy atom. The van der Waals surface area contributed by atoms with Crippen molar-refractivity contribution in [1.29, 1.82) is 0 Å². The van der Waals surface area contributed by atoms with Crippen molar-refractivity contribution in [3.05, 3.63) is 34.3 Å². The molecule has 0 saturated carbocycles. The number of amides is 1. The van der Waals surface area contributed by atoms with Gasteiger partial charge in [0.15, 0.2) is 0 Å². The highest BCUT2D eigenvalue weighted by Crippen LogP contribution is 2.24. The maximum atomic E-state index is 12.2. The van der Waals surface area contributed by atoms with Gasteiger partial charge < -0.3 is 5.32 Å². The zero-order chi connectivity index (χ0) is 13.8. The number of likely N-dealkylation sites (N-methyl/N-ethyl adjacent to an activating group) is 1. The molecule has 1 fully saturated rings. The van der Waals surface area contributed by atoms with Crippen LogP contribution in [-0.4, -0.2) is 29.1 Å². The fourth-order valence-electron chi connectivity index (χ4n) is 2.24. The van der Waals surface area contributed by atoms with E-state index in [4.69, 9.17) is 11.6 Å². The van der Waals surface area contributed by atoms with Crippen LogP contribution in [0, 0.1) is 6.92 Å². The van der Waals surface area contributed by atoms with E-state index in [9.17, 15) is 4.79 Å². The highest BCUT2D eigenvalue weighted by Gasteiger charge is 2.26. The van der Waals surface area contributed by atoms with Gasteiger partial charge in [-0.2, -0.15) is 0 Å². The monoisotopic (exact) mass is 298 g/mol. The standard InChI is InChI=1S/C14H19ClN2OS/c1-10-5-3-6-12(15)11(10)9-16-14(18)13-7-4-8-19-17(13)2/h3,5-6,13H,4,7-9H2,1-2H3,(H,16,18). The van der Waals surface area contributed by atoms with Crippen LogP contribution in [0.4, 0.5) is 0 Å². The first kappa shape index (κ1) is 14.7. The molecule has 1 atom stereocenters. The fraction of sp³-hybridized carbons (Fsp3) is 0.500. The molecule has 1 aliphatic heterocycles. The molecule has 1 N–H and O–H groups in total. The predicted molar refractivity (Wildman–Crippen MR) is 81.3 cm³/mol. The summed E-state index contributed by atoms with van der Waals surface area (Å²) in [7, 11) is 1.98. The Morgan fingerprint density at radius 3 is 3.05 bits per heavy atom. The molecule has 0 aromatic heterocycles. The number of benzene rings is 1. The Bertz CT molecular complexity index is 447. The number of carbonyl (C=O) groups excluding carboxylic acids is 1. The van der Waals surface area contributed by atoms with Crippen molar-refractivity contribution in [3.8, 4) is 0 Å². The lowest BCUT2D eigenvalue weighted by atomic mass is 10.1. The lowest BCUT2D eigenvalue weighted by Crippen LogP contribution is -2.44. The van der Waals surface area contributed by atoms with Gasteiger partial charge >= 0.3 is 0 Å². The van der Waals surface area contributed by atoms with Crippen LogP contribution < -0.4 is 5.32 Å². The molecule has 104 valence electrons. The molecule has 1 heterocycles. The molecule has 1 saturated heterocycles. The lowest BCUT2D eigenvalue weighted by Gasteiger charge is -2.30. The molecule has 1 aliphatic rings. The number of nitrogens with one attached hydrogen (secondary N) is 1. The molecule has 2 rings (SSSR count). The average molecular weight is 299 g/mol. The number of hydrogen-bond donors (Lipinski definition) is 1. The summed E-state index contributed by atoms with van der Waals surface area (Å²) in [5.74, 6) is 1.19. The van der Waals surface area contributed by atoms with E-state index in [0.29, 0.717) is 11.6 Å². The van der Waals surface area contributed by atoms with Gasteiger partial charge in [0, 0.05) is 17.3 Å². The zero-order valence-electron chi connectivity index (χ0n) is 11.3. The van der Waals surface area contributed by atoms with Crippen LogP contribution >= 0.6 is 23.5 Å². The number of carbonyl (C=O) groups is 1. The van der Waals surface area contributed by atoms with E-state index in [-0.39, 0.29) is 11.9 Å². The third kappa shape index (κ3) is 3.65. The van der Waals surface area contributed by atoms with E-state index in [1.165, 1.54) is 0 Å². The van der Waals surface area contributed by atoms with Crippen LogP contribution in [0.5, 0.6) is 0 Å². The number of hydrogen-bond acceptors (Lipinski definition) is 3. The Morgan fingerprint density at radius 1 is 1.58 bits per heavy atom. The summed E-state index contributed by atoms with van der Waals surface area (Å²) in [6.07, 6.45) is 2.02. The largest absolute Gasteiger partial charge is 0.351 e. The van der Waals surface area contributed by atoms with Gasteiger partial charge in [-0.3, -0.25) is 4.79 Å². The Hall–Kier alpha value is -0.710. The highest BCUT2D eigenvalue weighted by atomic mass is 35.5. The Balaban J connectivity index is 1.96. The second-order valence-corrected chi connectivity index (χ2v) is 6.44. The molecule has 1 amide bonds. The molecule has 19 heavy (non-hydrogen) atoms. The van der Waals surface area contributed by atoms with Crippen molar-refractivity contribution in [2.75, 3.05) is 12.8 Å². The van der Waals surface area contributed by atoms with Crippen molar-refractivity contribution in [3.63, 3.8) is 0 Å². The summed E-state index contributed by atoms with van der Waals surface area (Å²) in [5.41, 5.74) is 2.11. The van der Waals surface area contributed by atoms with E-state index in [1.54, 1.807) is 11.9 Å². The molecule has 1 unspecified atom stereocenters. The molecule has 0 bridgehead atoms. The predicted octanol–water partition coefficient (Wildman–Crippen LogP) is 3.01. The summed E-state index contributed by atoms with van der Waals surface area (Å²) >= 11 is 7.89. The van der Waals surface area contributed by atoms with Crippen LogP contribution in [0.2, 0.25) is 5.02 Å². The second kappa shape index (κ2) is 6.64. The molecule has 3 nitrogen and oxygen atoms in total. The summed E-state index contributed by atoms with van der Waals surface area (Å²) in [4.78, 5) is 12.2. The molecule has 0 spiro atoms. The topological polar surface area (TPSA) is 32.3 Å². The van der Waals surface area contributed by atoms with E-state index in [2.05, 4.69) is 9.62 Å². The molecule has 1 aromatic rings. The summed E-state index contributed by atoms with van der Waals surface area (Å²) in [6, 6.07) is 5.77. The zero-order valence-corrected chi connectivity index (χ0v) is 12.9. The Kier molecular flexibility index (Phi) is 5.13. The van der Waals surface area contributed by atoms with Crippen molar-refractivity contribution in [2.24, 2.45) is 0 Å². The highest BCUT2D eigenvalue weighted by molar-refractivity contribution is 7.97. The van der Waals surface area contributed by atoms with Crippen molar-refractivity contribution in [1.82, 2.24) is 9.62 Å². The van der Waals surface area contributed by atoms with Gasteiger partial charge in [0.2, 0.25) is 5.91 Å². The maximum Gasteiger partial charge on any atom is 0.238 e. The minimum Gasteiger partial charge on any atom is -0.351 e. The van der Waals surface area contributed by atoms with Crippen molar-refractivity contribution in [2.45, 2.75) is 32.4 Å². The third-order valence-electron chi connectivity index (χ3n) is 3.45. The summed E-state index contributed by atoms with van der Waals surface area (Å²) in [5, 5.41) is 3.72. The first-order valence-electron chi connectivity index (χ1n) is 6.47. The van der Waals surface area contributed by atoms with Gasteiger partial charge in [0.05, 0.1) is 6.04 Å². The number of halogens is 1. The van der Waals surface area contributed by atoms with Gasteiger partial charge in [-0.25, -0.2) is 4.31 Å². The quantitative estimate of drug-likeness (QED) is 0.871. The number of nitrogens with zero attached hydrogens (tertiary/aromatic N) is 1. The smallest absolute Gasteiger partial charge is 0.238 e. The van der Waals surface area contributed by atoms with Crippen LogP contribution in [0.25, 0.3) is 0 Å². The van der Waals surface area contributed by atoms with Crippen molar-refractivity contribution >= 4 is 29.5 Å². The minimum atomic E-state index is -0.0263. The average Bonchev–Trinajstić information content (AvgIpc) is 2.38. The van der Waals surface area contributed by atoms with E-state index in [0.717, 1.165) is 29.7 Å². The molecular formula is C14H19ClN2OS. The van der Waals surface area contributed by atoms with Gasteiger partial charge in [-0.15, -0.1) is 0 Å². The molecular weight excluding hydrogens is 280 g/mol. The Labute approximate surface area is 123 Å². The normalized spacial score (nSPS) is 20.3. The third-order valence-corrected chi connectivity index (χ3v) is 4.94. The first-order chi connectivity index (χ1) is 9.09. The van der Waals surface area contributed by atoms with Crippen LogP contribution in [0.1, 0.15) is 24.0 Å². The van der Waals surface area contributed by atoms with Gasteiger partial charge in [-0.05, 0) is 44.0 Å². The molecule has 0 aliphatic carbocycles.